The molecule has 3 nitrogen and oxygen atoms in total. The maximum absolute atomic E-state index is 13.3. The van der Waals surface area contributed by atoms with Gasteiger partial charge in [-0.05, 0) is 30.3 Å². The van der Waals surface area contributed by atoms with E-state index in [1.54, 1.807) is 36.4 Å². The monoisotopic (exact) mass is 277 g/mol. The molecular formula is C14H12FNO2S. The third-order valence-electron chi connectivity index (χ3n) is 2.34. The number of hydrogen-bond acceptors (Lipinski definition) is 3. The van der Waals surface area contributed by atoms with Crippen molar-refractivity contribution >= 4 is 23.4 Å². The molecule has 0 aliphatic heterocycles. The molecular weight excluding hydrogens is 265 g/mol. The van der Waals surface area contributed by atoms with Crippen molar-refractivity contribution in [3.8, 4) is 5.75 Å². The van der Waals surface area contributed by atoms with Crippen LogP contribution < -0.4 is 5.32 Å². The summed E-state index contributed by atoms with van der Waals surface area (Å²) < 4.78 is 13.3. The minimum atomic E-state index is -0.460. The fourth-order valence-corrected chi connectivity index (χ4v) is 2.22. The van der Waals surface area contributed by atoms with Crippen LogP contribution in [0.25, 0.3) is 0 Å². The molecule has 0 unspecified atom stereocenters. The molecule has 2 N–H and O–H groups in total. The second kappa shape index (κ2) is 6.24. The summed E-state index contributed by atoms with van der Waals surface area (Å²) in [7, 11) is 0. The highest BCUT2D eigenvalue weighted by Crippen LogP contribution is 2.22. The fraction of sp³-hybridized carbons (Fsp3) is 0.0714. The predicted molar refractivity (Wildman–Crippen MR) is 73.9 cm³/mol. The molecule has 0 heterocycles. The maximum atomic E-state index is 13.3. The van der Waals surface area contributed by atoms with Crippen molar-refractivity contribution in [1.29, 1.82) is 0 Å². The van der Waals surface area contributed by atoms with Crippen molar-refractivity contribution in [2.24, 2.45) is 0 Å². The number of rotatable bonds is 4. The van der Waals surface area contributed by atoms with E-state index in [9.17, 15) is 14.3 Å². The first-order chi connectivity index (χ1) is 9.15. The minimum Gasteiger partial charge on any atom is -0.508 e. The van der Waals surface area contributed by atoms with Crippen LogP contribution >= 0.6 is 11.8 Å². The van der Waals surface area contributed by atoms with Gasteiger partial charge in [-0.2, -0.15) is 0 Å². The number of phenolic OH excluding ortho intramolecular Hbond substituents is 1. The highest BCUT2D eigenvalue weighted by molar-refractivity contribution is 8.00. The van der Waals surface area contributed by atoms with Crippen LogP contribution in [0.5, 0.6) is 5.75 Å². The Morgan fingerprint density at radius 1 is 1.21 bits per heavy atom. The molecule has 0 fully saturated rings. The minimum absolute atomic E-state index is 0.151. The number of benzene rings is 2. The predicted octanol–water partition coefficient (Wildman–Crippen LogP) is 3.26. The molecule has 2 aromatic rings. The van der Waals surface area contributed by atoms with Gasteiger partial charge < -0.3 is 10.4 Å². The normalized spacial score (nSPS) is 10.2. The van der Waals surface area contributed by atoms with E-state index in [1.165, 1.54) is 23.9 Å². The fourth-order valence-electron chi connectivity index (χ4n) is 1.47. The Morgan fingerprint density at radius 3 is 2.74 bits per heavy atom. The summed E-state index contributed by atoms with van der Waals surface area (Å²) in [6, 6.07) is 12.6. The standard InChI is InChI=1S/C14H12FNO2S/c15-12-6-1-2-7-13(12)16-14(18)9-19-11-5-3-4-10(17)8-11/h1-8,17H,9H2,(H,16,18). The van der Waals surface area contributed by atoms with Crippen LogP contribution in [0, 0.1) is 5.82 Å². The summed E-state index contributed by atoms with van der Waals surface area (Å²) in [4.78, 5) is 12.4. The number of halogens is 1. The first-order valence-corrected chi connectivity index (χ1v) is 6.60. The van der Waals surface area contributed by atoms with Crippen LogP contribution in [-0.2, 0) is 4.79 Å². The summed E-state index contributed by atoms with van der Waals surface area (Å²) in [6.07, 6.45) is 0. The van der Waals surface area contributed by atoms with E-state index in [2.05, 4.69) is 5.32 Å². The molecule has 0 aliphatic carbocycles. The Bertz CT molecular complexity index is 589. The Kier molecular flexibility index (Phi) is 4.41. The molecule has 2 aromatic carbocycles. The Balaban J connectivity index is 1.90. The van der Waals surface area contributed by atoms with Crippen LogP contribution in [0.4, 0.5) is 10.1 Å². The van der Waals surface area contributed by atoms with Gasteiger partial charge in [0.05, 0.1) is 11.4 Å². The van der Waals surface area contributed by atoms with Gasteiger partial charge in [-0.25, -0.2) is 4.39 Å². The second-order valence-electron chi connectivity index (χ2n) is 3.81. The van der Waals surface area contributed by atoms with E-state index in [1.807, 2.05) is 0 Å². The number of aromatic hydroxyl groups is 1. The third-order valence-corrected chi connectivity index (χ3v) is 3.33. The van der Waals surface area contributed by atoms with Crippen LogP contribution in [0.2, 0.25) is 0 Å². The summed E-state index contributed by atoms with van der Waals surface area (Å²) in [5, 5.41) is 11.8. The summed E-state index contributed by atoms with van der Waals surface area (Å²) in [5.41, 5.74) is 0.170. The van der Waals surface area contributed by atoms with Crippen LogP contribution in [0.15, 0.2) is 53.4 Å². The lowest BCUT2D eigenvalue weighted by Gasteiger charge is -2.06. The summed E-state index contributed by atoms with van der Waals surface area (Å²) in [6.45, 7) is 0. The van der Waals surface area contributed by atoms with Gasteiger partial charge in [0.1, 0.15) is 11.6 Å². The number of amides is 1. The average Bonchev–Trinajstić information content (AvgIpc) is 2.39. The largest absolute Gasteiger partial charge is 0.508 e. The molecule has 19 heavy (non-hydrogen) atoms. The Morgan fingerprint density at radius 2 is 2.00 bits per heavy atom. The highest BCUT2D eigenvalue weighted by atomic mass is 32.2. The number of anilines is 1. The topological polar surface area (TPSA) is 49.3 Å². The molecule has 5 heteroatoms. The third kappa shape index (κ3) is 3.99. The molecule has 98 valence electrons. The number of thioether (sulfide) groups is 1. The van der Waals surface area contributed by atoms with Gasteiger partial charge in [0.15, 0.2) is 0 Å². The van der Waals surface area contributed by atoms with Crippen LogP contribution in [0.3, 0.4) is 0 Å². The van der Waals surface area contributed by atoms with Crippen molar-refractivity contribution in [2.75, 3.05) is 11.1 Å². The highest BCUT2D eigenvalue weighted by Gasteiger charge is 2.07. The van der Waals surface area contributed by atoms with E-state index < -0.39 is 5.82 Å². The van der Waals surface area contributed by atoms with Gasteiger partial charge in [0, 0.05) is 4.90 Å². The quantitative estimate of drug-likeness (QED) is 0.843. The van der Waals surface area contributed by atoms with Gasteiger partial charge >= 0.3 is 0 Å². The van der Waals surface area contributed by atoms with Crippen LogP contribution in [-0.4, -0.2) is 16.8 Å². The van der Waals surface area contributed by atoms with Crippen molar-refractivity contribution in [1.82, 2.24) is 0 Å². The van der Waals surface area contributed by atoms with E-state index in [0.717, 1.165) is 4.90 Å². The zero-order chi connectivity index (χ0) is 13.7. The van der Waals surface area contributed by atoms with E-state index in [-0.39, 0.29) is 23.1 Å². The zero-order valence-corrected chi connectivity index (χ0v) is 10.8. The lowest BCUT2D eigenvalue weighted by Crippen LogP contribution is -2.14. The number of carbonyl (C=O) groups is 1. The lowest BCUT2D eigenvalue weighted by atomic mass is 10.3. The van der Waals surface area contributed by atoms with E-state index in [0.29, 0.717) is 0 Å². The zero-order valence-electron chi connectivity index (χ0n) is 9.97. The molecule has 0 aliphatic rings. The second-order valence-corrected chi connectivity index (χ2v) is 4.86. The van der Waals surface area contributed by atoms with Gasteiger partial charge in [0.2, 0.25) is 5.91 Å². The molecule has 0 saturated heterocycles. The van der Waals surface area contributed by atoms with Gasteiger partial charge in [-0.3, -0.25) is 4.79 Å². The smallest absolute Gasteiger partial charge is 0.234 e. The van der Waals surface area contributed by atoms with Gasteiger partial charge in [-0.1, -0.05) is 18.2 Å². The molecule has 2 rings (SSSR count). The summed E-state index contributed by atoms with van der Waals surface area (Å²) >= 11 is 1.27. The van der Waals surface area contributed by atoms with Crippen molar-refractivity contribution in [2.45, 2.75) is 4.90 Å². The van der Waals surface area contributed by atoms with Crippen molar-refractivity contribution < 1.29 is 14.3 Å². The van der Waals surface area contributed by atoms with Gasteiger partial charge in [-0.15, -0.1) is 11.8 Å². The molecule has 1 amide bonds. The summed E-state index contributed by atoms with van der Waals surface area (Å²) in [5.74, 6) is -0.450. The van der Waals surface area contributed by atoms with E-state index in [4.69, 9.17) is 0 Å². The molecule has 0 atom stereocenters. The number of hydrogen-bond donors (Lipinski definition) is 2. The van der Waals surface area contributed by atoms with E-state index >= 15 is 0 Å². The number of para-hydroxylation sites is 1. The SMILES string of the molecule is O=C(CSc1cccc(O)c1)Nc1ccccc1F. The maximum Gasteiger partial charge on any atom is 0.234 e. The molecule has 0 bridgehead atoms. The number of phenols is 1. The molecule has 0 spiro atoms. The first kappa shape index (κ1) is 13.4. The number of nitrogens with one attached hydrogen (secondary N) is 1. The van der Waals surface area contributed by atoms with Crippen LogP contribution in [0.1, 0.15) is 0 Å². The molecule has 0 radical (unpaired) electrons. The number of carbonyl (C=O) groups excluding carboxylic acids is 1. The first-order valence-electron chi connectivity index (χ1n) is 5.61. The van der Waals surface area contributed by atoms with Crippen molar-refractivity contribution in [3.05, 3.63) is 54.3 Å². The van der Waals surface area contributed by atoms with Crippen molar-refractivity contribution in [3.63, 3.8) is 0 Å². The molecule has 0 aromatic heterocycles. The Labute approximate surface area is 114 Å². The lowest BCUT2D eigenvalue weighted by molar-refractivity contribution is -0.113. The average molecular weight is 277 g/mol. The molecule has 0 saturated carbocycles. The van der Waals surface area contributed by atoms with Gasteiger partial charge in [0.25, 0.3) is 0 Å². The Hall–Kier alpha value is -2.01.